The first-order valence-electron chi connectivity index (χ1n) is 3.06. The second kappa shape index (κ2) is 9.94. The monoisotopic (exact) mass is 220 g/mol. The van der Waals surface area contributed by atoms with Crippen molar-refractivity contribution in [3.05, 3.63) is 0 Å². The molecular weight excluding hydrogens is 210 g/mol. The van der Waals surface area contributed by atoms with Crippen LogP contribution in [0.25, 0.3) is 0 Å². The van der Waals surface area contributed by atoms with Gasteiger partial charge in [-0.3, -0.25) is 0 Å². The molecule has 11 heteroatoms. The predicted molar refractivity (Wildman–Crippen MR) is 40.8 cm³/mol. The zero-order chi connectivity index (χ0) is 11.9. The third-order valence-corrected chi connectivity index (χ3v) is 0.805. The van der Waals surface area contributed by atoms with Gasteiger partial charge in [-0.2, -0.15) is 0 Å². The van der Waals surface area contributed by atoms with Gasteiger partial charge in [-0.15, -0.1) is 0 Å². The average Bonchev–Trinajstić information content (AvgIpc) is 2.00. The fourth-order valence-electron chi connectivity index (χ4n) is 0.270. The van der Waals surface area contributed by atoms with Crippen LogP contribution < -0.4 is 18.9 Å². The minimum Gasteiger partial charge on any atom is -1.00 e. The van der Waals surface area contributed by atoms with Crippen molar-refractivity contribution in [2.45, 2.75) is 12.2 Å². The smallest absolute Gasteiger partial charge is 1.00 e. The molecule has 0 saturated heterocycles. The normalized spacial score (nSPS) is 12.3. The number of aliphatic hydroxyl groups is 2. The number of carbonyl (C=O) groups is 2. The molecule has 0 aromatic heterocycles. The van der Waals surface area contributed by atoms with E-state index in [0.717, 1.165) is 0 Å². The summed E-state index contributed by atoms with van der Waals surface area (Å²) in [6, 6.07) is 0. The molecule has 0 amide bonds. The van der Waals surface area contributed by atoms with E-state index in [1.54, 1.807) is 0 Å². The summed E-state index contributed by atoms with van der Waals surface area (Å²) >= 11 is 0. The average molecular weight is 220 g/mol. The van der Waals surface area contributed by atoms with Crippen molar-refractivity contribution in [2.24, 2.45) is 0 Å². The number of hydrogen-bond donors (Lipinski definition) is 7. The summed E-state index contributed by atoms with van der Waals surface area (Å²) < 4.78 is 0. The molecule has 0 rings (SSSR count). The Kier molecular flexibility index (Phi) is 13.2. The van der Waals surface area contributed by atoms with Gasteiger partial charge in [0.15, 0.2) is 12.2 Å². The maximum absolute atomic E-state index is 9.77. The summed E-state index contributed by atoms with van der Waals surface area (Å²) in [5.41, 5.74) is 0. The molecule has 0 aliphatic rings. The van der Waals surface area contributed by atoms with Crippen LogP contribution in [-0.2, 0) is 9.59 Å². The van der Waals surface area contributed by atoms with Gasteiger partial charge in [-0.1, -0.05) is 0 Å². The topological polar surface area (TPSA) is 176 Å². The zero-order valence-corrected chi connectivity index (χ0v) is 7.68. The molecular formula is C4H10BLiO9. The quantitative estimate of drug-likeness (QED) is 0.227. The van der Waals surface area contributed by atoms with Crippen LogP contribution in [0.4, 0.5) is 0 Å². The number of aliphatic carboxylic acids is 2. The fraction of sp³-hybridized carbons (Fsp3) is 0.500. The Hall–Kier alpha value is -0.598. The van der Waals surface area contributed by atoms with Crippen molar-refractivity contribution in [1.82, 2.24) is 0 Å². The third kappa shape index (κ3) is 13.4. The van der Waals surface area contributed by atoms with Gasteiger partial charge in [0.25, 0.3) is 0 Å². The maximum Gasteiger partial charge on any atom is 1.00 e. The molecule has 0 aromatic rings. The minimum atomic E-state index is -2.27. The molecule has 2 unspecified atom stereocenters. The first kappa shape index (κ1) is 19.9. The van der Waals surface area contributed by atoms with E-state index in [1.165, 1.54) is 0 Å². The van der Waals surface area contributed by atoms with Crippen LogP contribution >= 0.6 is 0 Å². The number of aliphatic hydroxyl groups excluding tert-OH is 2. The Morgan fingerprint density at radius 3 is 1.13 bits per heavy atom. The molecule has 0 heterocycles. The van der Waals surface area contributed by atoms with Crippen LogP contribution in [0.3, 0.4) is 0 Å². The molecule has 2 atom stereocenters. The van der Waals surface area contributed by atoms with E-state index in [9.17, 15) is 9.59 Å². The van der Waals surface area contributed by atoms with Gasteiger partial charge >= 0.3 is 38.1 Å². The molecule has 15 heavy (non-hydrogen) atoms. The molecule has 7 N–H and O–H groups in total. The Morgan fingerprint density at radius 1 is 0.933 bits per heavy atom. The molecule has 9 nitrogen and oxygen atoms in total. The van der Waals surface area contributed by atoms with Crippen LogP contribution in [0, 0.1) is 0 Å². The Bertz CT molecular complexity index is 181. The fourth-order valence-corrected chi connectivity index (χ4v) is 0.270. The molecule has 0 aliphatic carbocycles. The summed E-state index contributed by atoms with van der Waals surface area (Å²) in [5.74, 6) is -3.54. The van der Waals surface area contributed by atoms with Crippen LogP contribution in [0.15, 0.2) is 0 Å². The van der Waals surface area contributed by atoms with Crippen molar-refractivity contribution in [2.75, 3.05) is 0 Å². The van der Waals surface area contributed by atoms with Gasteiger partial charge in [0, 0.05) is 0 Å². The number of carboxylic acids is 2. The first-order valence-corrected chi connectivity index (χ1v) is 3.06. The van der Waals surface area contributed by atoms with Crippen LogP contribution in [-0.4, -0.2) is 67.0 Å². The standard InChI is InChI=1S/C4H6O6.BH3O3.Li.H/c5-1(3(7)8)2(6)4(9)10;2-1(3)4;;/h1-2,5-6H,(H,7,8)(H,9,10);2-4H;;/q;;+1;-1. The van der Waals surface area contributed by atoms with Gasteiger partial charge in [0.05, 0.1) is 0 Å². The molecule has 0 radical (unpaired) electrons. The van der Waals surface area contributed by atoms with Gasteiger partial charge in [-0.05, 0) is 0 Å². The van der Waals surface area contributed by atoms with Crippen LogP contribution in [0.1, 0.15) is 1.43 Å². The zero-order valence-electron chi connectivity index (χ0n) is 8.68. The van der Waals surface area contributed by atoms with E-state index >= 15 is 0 Å². The minimum absolute atomic E-state index is 0. The summed E-state index contributed by atoms with van der Waals surface area (Å²) in [6.07, 6.45) is -4.53. The van der Waals surface area contributed by atoms with Gasteiger partial charge < -0.3 is 36.9 Å². The number of carboxylic acid groups (broad SMARTS) is 2. The molecule has 0 bridgehead atoms. The van der Waals surface area contributed by atoms with Crippen molar-refractivity contribution < 1.29 is 65.4 Å². The van der Waals surface area contributed by atoms with Crippen LogP contribution in [0.5, 0.6) is 0 Å². The van der Waals surface area contributed by atoms with Gasteiger partial charge in [0.2, 0.25) is 0 Å². The Balaban J connectivity index is -0.000000105. The molecule has 0 saturated carbocycles. The van der Waals surface area contributed by atoms with E-state index in [0.29, 0.717) is 0 Å². The SMILES string of the molecule is O=C(O)C(O)C(O)C(=O)O.OB(O)O.[H-].[Li+]. The largest absolute Gasteiger partial charge is 1.00 e. The molecule has 0 spiro atoms. The van der Waals surface area contributed by atoms with E-state index in [-0.39, 0.29) is 20.3 Å². The van der Waals surface area contributed by atoms with E-state index in [2.05, 4.69) is 0 Å². The molecule has 0 aromatic carbocycles. The summed E-state index contributed by atoms with van der Waals surface area (Å²) in [5, 5.41) is 54.0. The Labute approximate surface area is 97.4 Å². The first-order chi connectivity index (χ1) is 6.20. The summed E-state index contributed by atoms with van der Waals surface area (Å²) in [7, 11) is -2.17. The van der Waals surface area contributed by atoms with Crippen molar-refractivity contribution in [3.8, 4) is 0 Å². The maximum atomic E-state index is 9.77. The summed E-state index contributed by atoms with van der Waals surface area (Å²) in [4.78, 5) is 19.5. The number of rotatable bonds is 3. The van der Waals surface area contributed by atoms with Crippen molar-refractivity contribution in [3.63, 3.8) is 0 Å². The van der Waals surface area contributed by atoms with Gasteiger partial charge in [-0.25, -0.2) is 9.59 Å². The van der Waals surface area contributed by atoms with Crippen LogP contribution in [0.2, 0.25) is 0 Å². The van der Waals surface area contributed by atoms with E-state index < -0.39 is 31.5 Å². The third-order valence-electron chi connectivity index (χ3n) is 0.805. The molecule has 0 fully saturated rings. The molecule has 84 valence electrons. The predicted octanol–water partition coefficient (Wildman–Crippen LogP) is -7.06. The van der Waals surface area contributed by atoms with E-state index in [1.807, 2.05) is 0 Å². The molecule has 0 aliphatic heterocycles. The second-order valence-electron chi connectivity index (χ2n) is 1.91. The van der Waals surface area contributed by atoms with Crippen molar-refractivity contribution >= 4 is 19.3 Å². The summed E-state index contributed by atoms with van der Waals surface area (Å²) in [6.45, 7) is 0. The Morgan fingerprint density at radius 2 is 1.07 bits per heavy atom. The van der Waals surface area contributed by atoms with Crippen molar-refractivity contribution in [1.29, 1.82) is 0 Å². The second-order valence-corrected chi connectivity index (χ2v) is 1.91. The number of hydrogen-bond acceptors (Lipinski definition) is 7. The van der Waals surface area contributed by atoms with E-state index in [4.69, 9.17) is 35.5 Å². The van der Waals surface area contributed by atoms with Gasteiger partial charge in [0.1, 0.15) is 0 Å².